The van der Waals surface area contributed by atoms with Gasteiger partial charge in [-0.2, -0.15) is 0 Å². The fourth-order valence-electron chi connectivity index (χ4n) is 2.02. The highest BCUT2D eigenvalue weighted by Crippen LogP contribution is 2.16. The first-order chi connectivity index (χ1) is 11.1. The van der Waals surface area contributed by atoms with Gasteiger partial charge in [-0.25, -0.2) is 4.79 Å². The Kier molecular flexibility index (Phi) is 9.76. The average molecular weight is 343 g/mol. The third-order valence-corrected chi connectivity index (χ3v) is 3.10. The van der Waals surface area contributed by atoms with Crippen LogP contribution in [0.25, 0.3) is 0 Å². The molecular formula is C17H29NO6. The van der Waals surface area contributed by atoms with Crippen LogP contribution in [-0.2, 0) is 23.8 Å². The van der Waals surface area contributed by atoms with E-state index in [0.29, 0.717) is 12.8 Å². The van der Waals surface area contributed by atoms with Crippen molar-refractivity contribution in [2.24, 2.45) is 0 Å². The molecule has 0 spiro atoms. The van der Waals surface area contributed by atoms with Gasteiger partial charge in [0.05, 0.1) is 7.11 Å². The van der Waals surface area contributed by atoms with Gasteiger partial charge in [-0.15, -0.1) is 0 Å². The molecule has 0 aliphatic heterocycles. The first-order valence-corrected chi connectivity index (χ1v) is 7.97. The van der Waals surface area contributed by atoms with Crippen molar-refractivity contribution < 1.29 is 28.6 Å². The molecule has 0 aliphatic rings. The minimum Gasteiger partial charge on any atom is -0.468 e. The zero-order valence-electron chi connectivity index (χ0n) is 15.3. The second kappa shape index (κ2) is 10.7. The molecule has 0 heterocycles. The summed E-state index contributed by atoms with van der Waals surface area (Å²) in [5.74, 6) is -0.903. The quantitative estimate of drug-likeness (QED) is 0.364. The monoisotopic (exact) mass is 343 g/mol. The summed E-state index contributed by atoms with van der Waals surface area (Å²) < 4.78 is 14.9. The van der Waals surface area contributed by atoms with Crippen molar-refractivity contribution in [3.8, 4) is 0 Å². The maximum absolute atomic E-state index is 12.2. The number of carbonyl (C=O) groups is 3. The van der Waals surface area contributed by atoms with Gasteiger partial charge in [0.25, 0.3) is 0 Å². The number of nitrogens with zero attached hydrogens (tertiary/aromatic N) is 1. The molecule has 0 unspecified atom stereocenters. The Morgan fingerprint density at radius 3 is 2.29 bits per heavy atom. The minimum absolute atomic E-state index is 0.0407. The Labute approximate surface area is 143 Å². The molecule has 0 saturated carbocycles. The molecule has 138 valence electrons. The Morgan fingerprint density at radius 1 is 1.21 bits per heavy atom. The summed E-state index contributed by atoms with van der Waals surface area (Å²) in [4.78, 5) is 36.9. The van der Waals surface area contributed by atoms with Crippen LogP contribution >= 0.6 is 0 Å². The fourth-order valence-corrected chi connectivity index (χ4v) is 2.02. The van der Waals surface area contributed by atoms with E-state index in [2.05, 4.69) is 11.3 Å². The lowest BCUT2D eigenvalue weighted by atomic mass is 10.1. The SMILES string of the molecule is C=CCOC(=O)N(CC(=O)OC)[C@H](CC)CCC(=O)OC(C)(C)C. The van der Waals surface area contributed by atoms with E-state index >= 15 is 0 Å². The van der Waals surface area contributed by atoms with Crippen LogP contribution in [0.4, 0.5) is 4.79 Å². The fraction of sp³-hybridized carbons (Fsp3) is 0.706. The number of hydrogen-bond acceptors (Lipinski definition) is 6. The van der Waals surface area contributed by atoms with E-state index in [1.165, 1.54) is 18.1 Å². The normalized spacial score (nSPS) is 12.0. The number of amides is 1. The van der Waals surface area contributed by atoms with Gasteiger partial charge >= 0.3 is 18.0 Å². The van der Waals surface area contributed by atoms with Crippen LogP contribution in [-0.4, -0.2) is 54.8 Å². The van der Waals surface area contributed by atoms with Crippen LogP contribution in [0.2, 0.25) is 0 Å². The standard InChI is InChI=1S/C17H29NO6/c1-7-11-23-16(21)18(12-15(20)22-6)13(8-2)9-10-14(19)24-17(3,4)5/h7,13H,1,8-12H2,2-6H3/t13-/m1/s1. The van der Waals surface area contributed by atoms with Crippen molar-refractivity contribution >= 4 is 18.0 Å². The van der Waals surface area contributed by atoms with Gasteiger partial charge in [-0.1, -0.05) is 19.6 Å². The Hall–Kier alpha value is -2.05. The second-order valence-electron chi connectivity index (χ2n) is 6.26. The lowest BCUT2D eigenvalue weighted by molar-refractivity contribution is -0.155. The van der Waals surface area contributed by atoms with Gasteiger partial charge in [0.15, 0.2) is 0 Å². The van der Waals surface area contributed by atoms with E-state index in [-0.39, 0.29) is 31.6 Å². The maximum atomic E-state index is 12.2. The number of ether oxygens (including phenoxy) is 3. The van der Waals surface area contributed by atoms with Crippen molar-refractivity contribution in [2.45, 2.75) is 58.6 Å². The average Bonchev–Trinajstić information content (AvgIpc) is 2.49. The van der Waals surface area contributed by atoms with Crippen molar-refractivity contribution in [1.29, 1.82) is 0 Å². The van der Waals surface area contributed by atoms with E-state index in [1.807, 2.05) is 6.92 Å². The highest BCUT2D eigenvalue weighted by atomic mass is 16.6. The van der Waals surface area contributed by atoms with E-state index in [0.717, 1.165) is 0 Å². The van der Waals surface area contributed by atoms with Crippen LogP contribution in [0.5, 0.6) is 0 Å². The van der Waals surface area contributed by atoms with Crippen molar-refractivity contribution in [3.63, 3.8) is 0 Å². The van der Waals surface area contributed by atoms with Crippen molar-refractivity contribution in [1.82, 2.24) is 4.90 Å². The van der Waals surface area contributed by atoms with Crippen molar-refractivity contribution in [3.05, 3.63) is 12.7 Å². The van der Waals surface area contributed by atoms with E-state index in [9.17, 15) is 14.4 Å². The Morgan fingerprint density at radius 2 is 1.83 bits per heavy atom. The summed E-state index contributed by atoms with van der Waals surface area (Å²) in [6.45, 7) is 10.5. The number of rotatable bonds is 9. The maximum Gasteiger partial charge on any atom is 0.410 e. The van der Waals surface area contributed by atoms with E-state index < -0.39 is 17.7 Å². The van der Waals surface area contributed by atoms with E-state index in [1.54, 1.807) is 20.8 Å². The Bertz CT molecular complexity index is 441. The highest BCUT2D eigenvalue weighted by Gasteiger charge is 2.27. The molecule has 0 aromatic carbocycles. The summed E-state index contributed by atoms with van der Waals surface area (Å²) in [7, 11) is 1.25. The van der Waals surface area contributed by atoms with Gasteiger partial charge < -0.3 is 14.2 Å². The topological polar surface area (TPSA) is 82.1 Å². The molecule has 0 radical (unpaired) electrons. The molecule has 7 nitrogen and oxygen atoms in total. The number of esters is 2. The number of hydrogen-bond donors (Lipinski definition) is 0. The molecule has 0 aliphatic carbocycles. The zero-order chi connectivity index (χ0) is 18.8. The first kappa shape index (κ1) is 21.9. The van der Waals surface area contributed by atoms with Gasteiger partial charge in [-0.3, -0.25) is 14.5 Å². The van der Waals surface area contributed by atoms with E-state index in [4.69, 9.17) is 9.47 Å². The molecule has 0 rings (SSSR count). The lowest BCUT2D eigenvalue weighted by Crippen LogP contribution is -2.44. The molecule has 0 saturated heterocycles. The molecule has 0 fully saturated rings. The Balaban J connectivity index is 4.90. The zero-order valence-corrected chi connectivity index (χ0v) is 15.3. The van der Waals surface area contributed by atoms with Crippen LogP contribution in [0.15, 0.2) is 12.7 Å². The number of carbonyl (C=O) groups excluding carboxylic acids is 3. The predicted octanol–water partition coefficient (Wildman–Crippen LogP) is 2.68. The third-order valence-electron chi connectivity index (χ3n) is 3.10. The minimum atomic E-state index is -0.642. The van der Waals surface area contributed by atoms with Crippen molar-refractivity contribution in [2.75, 3.05) is 20.3 Å². The largest absolute Gasteiger partial charge is 0.468 e. The van der Waals surface area contributed by atoms with Gasteiger partial charge in [0.1, 0.15) is 18.8 Å². The molecule has 0 N–H and O–H groups in total. The summed E-state index contributed by atoms with van der Waals surface area (Å²) in [5.41, 5.74) is -0.562. The van der Waals surface area contributed by atoms with Crippen LogP contribution < -0.4 is 0 Å². The van der Waals surface area contributed by atoms with Crippen LogP contribution in [0, 0.1) is 0 Å². The molecule has 0 bridgehead atoms. The summed E-state index contributed by atoms with van der Waals surface area (Å²) in [6, 6.07) is -0.339. The third kappa shape index (κ3) is 9.17. The predicted molar refractivity (Wildman–Crippen MR) is 89.4 cm³/mol. The van der Waals surface area contributed by atoms with Gasteiger partial charge in [-0.05, 0) is 33.6 Å². The summed E-state index contributed by atoms with van der Waals surface area (Å²) >= 11 is 0. The van der Waals surface area contributed by atoms with Gasteiger partial charge in [0, 0.05) is 12.5 Å². The summed E-state index contributed by atoms with van der Waals surface area (Å²) in [5, 5.41) is 0. The smallest absolute Gasteiger partial charge is 0.410 e. The molecule has 24 heavy (non-hydrogen) atoms. The van der Waals surface area contributed by atoms with Crippen LogP contribution in [0.3, 0.4) is 0 Å². The summed E-state index contributed by atoms with van der Waals surface area (Å²) in [6.07, 6.45) is 1.86. The highest BCUT2D eigenvalue weighted by molar-refractivity contribution is 5.78. The molecule has 7 heteroatoms. The first-order valence-electron chi connectivity index (χ1n) is 7.97. The molecular weight excluding hydrogens is 314 g/mol. The number of methoxy groups -OCH3 is 1. The van der Waals surface area contributed by atoms with Crippen LogP contribution in [0.1, 0.15) is 47.0 Å². The molecule has 0 aromatic heterocycles. The molecule has 1 atom stereocenters. The second-order valence-corrected chi connectivity index (χ2v) is 6.26. The van der Waals surface area contributed by atoms with Gasteiger partial charge in [0.2, 0.25) is 0 Å². The lowest BCUT2D eigenvalue weighted by Gasteiger charge is -2.29. The molecule has 1 amide bonds. The molecule has 0 aromatic rings.